The van der Waals surface area contributed by atoms with Crippen molar-refractivity contribution in [2.45, 2.75) is 26.5 Å². The summed E-state index contributed by atoms with van der Waals surface area (Å²) in [6, 6.07) is 0. The van der Waals surface area contributed by atoms with Crippen molar-refractivity contribution in [2.24, 2.45) is 5.73 Å². The van der Waals surface area contributed by atoms with E-state index in [0.29, 0.717) is 6.54 Å². The topological polar surface area (TPSA) is 58.3 Å². The molecule has 1 atom stereocenters. The second-order valence-corrected chi connectivity index (χ2v) is 2.63. The monoisotopic (exact) mass is 158 g/mol. The molecule has 0 bridgehead atoms. The Morgan fingerprint density at radius 2 is 2.18 bits per heavy atom. The minimum absolute atomic E-state index is 0.664. The van der Waals surface area contributed by atoms with E-state index in [0.717, 1.165) is 17.6 Å². The van der Waals surface area contributed by atoms with Gasteiger partial charge in [-0.2, -0.15) is 0 Å². The van der Waals surface area contributed by atoms with E-state index in [1.54, 1.807) is 0 Å². The van der Waals surface area contributed by atoms with E-state index in [4.69, 9.17) is 10.8 Å². The van der Waals surface area contributed by atoms with E-state index in [1.807, 2.05) is 20.9 Å². The van der Waals surface area contributed by atoms with Crippen molar-refractivity contribution in [3.05, 3.63) is 11.1 Å². The molecule has 0 aliphatic carbocycles. The summed E-state index contributed by atoms with van der Waals surface area (Å²) in [5.74, 6) is 0. The fourth-order valence-corrected chi connectivity index (χ4v) is 0.925. The van der Waals surface area contributed by atoms with Crippen molar-refractivity contribution in [2.75, 3.05) is 13.6 Å². The van der Waals surface area contributed by atoms with Gasteiger partial charge in [0, 0.05) is 6.54 Å². The number of nitrogens with one attached hydrogen (secondary N) is 1. The molecule has 0 aromatic carbocycles. The van der Waals surface area contributed by atoms with Gasteiger partial charge in [0.25, 0.3) is 0 Å². The van der Waals surface area contributed by atoms with Crippen LogP contribution in [0.3, 0.4) is 0 Å². The zero-order valence-electron chi connectivity index (χ0n) is 7.52. The molecule has 0 aliphatic rings. The van der Waals surface area contributed by atoms with Gasteiger partial charge in [0.2, 0.25) is 0 Å². The molecular weight excluding hydrogens is 140 g/mol. The molecule has 0 saturated carbocycles. The Bertz CT molecular complexity index is 141. The van der Waals surface area contributed by atoms with Crippen molar-refractivity contribution in [1.82, 2.24) is 5.32 Å². The fourth-order valence-electron chi connectivity index (χ4n) is 0.925. The molecular formula is C8H18N2O. The van der Waals surface area contributed by atoms with Crippen molar-refractivity contribution in [3.63, 3.8) is 0 Å². The lowest BCUT2D eigenvalue weighted by Crippen LogP contribution is -2.29. The third kappa shape index (κ3) is 3.51. The molecule has 1 unspecified atom stereocenters. The van der Waals surface area contributed by atoms with Gasteiger partial charge in [-0.15, -0.1) is 0 Å². The zero-order valence-corrected chi connectivity index (χ0v) is 7.52. The first-order valence-corrected chi connectivity index (χ1v) is 3.90. The van der Waals surface area contributed by atoms with Gasteiger partial charge in [-0.05, 0) is 26.0 Å². The molecule has 0 rings (SSSR count). The highest BCUT2D eigenvalue weighted by atomic mass is 16.3. The third-order valence-corrected chi connectivity index (χ3v) is 1.80. The Morgan fingerprint density at radius 1 is 1.64 bits per heavy atom. The highest BCUT2D eigenvalue weighted by Crippen LogP contribution is 2.08. The van der Waals surface area contributed by atoms with E-state index >= 15 is 0 Å². The lowest BCUT2D eigenvalue weighted by molar-refractivity contribution is 0.214. The van der Waals surface area contributed by atoms with Crippen LogP contribution < -0.4 is 11.1 Å². The number of aliphatic hydroxyl groups excluding tert-OH is 1. The zero-order chi connectivity index (χ0) is 8.85. The van der Waals surface area contributed by atoms with Gasteiger partial charge >= 0.3 is 0 Å². The maximum atomic E-state index is 9.12. The number of allylic oxidation sites excluding steroid dienone is 1. The van der Waals surface area contributed by atoms with E-state index in [9.17, 15) is 0 Å². The Kier molecular flexibility index (Phi) is 5.11. The highest BCUT2D eigenvalue weighted by Gasteiger charge is 2.06. The predicted molar refractivity (Wildman–Crippen MR) is 47.1 cm³/mol. The number of aliphatic hydroxyl groups is 1. The van der Waals surface area contributed by atoms with E-state index in [2.05, 4.69) is 5.32 Å². The van der Waals surface area contributed by atoms with Crippen molar-refractivity contribution < 1.29 is 5.11 Å². The normalized spacial score (nSPS) is 16.1. The molecule has 0 saturated heterocycles. The van der Waals surface area contributed by atoms with Crippen LogP contribution in [0.15, 0.2) is 11.1 Å². The molecule has 0 heterocycles. The molecule has 4 N–H and O–H groups in total. The maximum Gasteiger partial charge on any atom is 0.126 e. The van der Waals surface area contributed by atoms with Crippen LogP contribution >= 0.6 is 0 Å². The van der Waals surface area contributed by atoms with Crippen LogP contribution in [-0.4, -0.2) is 24.9 Å². The van der Waals surface area contributed by atoms with Gasteiger partial charge in [-0.3, -0.25) is 0 Å². The standard InChI is InChI=1S/C8H18N2O/c1-4-6(2)7(5-10-3)8(9)11/h8,10-11H,4-5,9H2,1-3H3/b7-6-. The first kappa shape index (κ1) is 10.6. The highest BCUT2D eigenvalue weighted by molar-refractivity contribution is 5.16. The molecule has 0 aliphatic heterocycles. The fraction of sp³-hybridized carbons (Fsp3) is 0.750. The molecule has 0 aromatic rings. The molecule has 0 spiro atoms. The number of nitrogens with two attached hydrogens (primary N) is 1. The molecule has 3 heteroatoms. The van der Waals surface area contributed by atoms with Crippen LogP contribution in [-0.2, 0) is 0 Å². The van der Waals surface area contributed by atoms with Crippen LogP contribution in [0.4, 0.5) is 0 Å². The summed E-state index contributed by atoms with van der Waals surface area (Å²) in [5.41, 5.74) is 7.42. The van der Waals surface area contributed by atoms with Crippen LogP contribution in [0, 0.1) is 0 Å². The van der Waals surface area contributed by atoms with Gasteiger partial charge in [0.1, 0.15) is 6.23 Å². The van der Waals surface area contributed by atoms with Gasteiger partial charge in [0.15, 0.2) is 0 Å². The van der Waals surface area contributed by atoms with Crippen LogP contribution in [0.2, 0.25) is 0 Å². The van der Waals surface area contributed by atoms with Gasteiger partial charge in [0.05, 0.1) is 0 Å². The smallest absolute Gasteiger partial charge is 0.126 e. The van der Waals surface area contributed by atoms with Gasteiger partial charge in [-0.25, -0.2) is 0 Å². The van der Waals surface area contributed by atoms with Crippen LogP contribution in [0.5, 0.6) is 0 Å². The maximum absolute atomic E-state index is 9.12. The molecule has 11 heavy (non-hydrogen) atoms. The van der Waals surface area contributed by atoms with Crippen molar-refractivity contribution in [1.29, 1.82) is 0 Å². The molecule has 0 fully saturated rings. The average Bonchev–Trinajstić information content (AvgIpc) is 1.98. The molecule has 66 valence electrons. The van der Waals surface area contributed by atoms with E-state index in [-0.39, 0.29) is 0 Å². The predicted octanol–water partition coefficient (Wildman–Crippen LogP) is 0.209. The summed E-state index contributed by atoms with van der Waals surface area (Å²) in [7, 11) is 1.84. The summed E-state index contributed by atoms with van der Waals surface area (Å²) >= 11 is 0. The molecule has 0 radical (unpaired) electrons. The first-order valence-electron chi connectivity index (χ1n) is 3.90. The summed E-state index contributed by atoms with van der Waals surface area (Å²) in [6.07, 6.45) is 0.119. The number of likely N-dealkylation sites (N-methyl/N-ethyl adjacent to an activating group) is 1. The van der Waals surface area contributed by atoms with Gasteiger partial charge < -0.3 is 16.2 Å². The number of hydrogen-bond acceptors (Lipinski definition) is 3. The second kappa shape index (κ2) is 5.29. The molecule has 3 nitrogen and oxygen atoms in total. The largest absolute Gasteiger partial charge is 0.375 e. The lowest BCUT2D eigenvalue weighted by atomic mass is 10.1. The van der Waals surface area contributed by atoms with Crippen molar-refractivity contribution >= 4 is 0 Å². The first-order chi connectivity index (χ1) is 5.13. The third-order valence-electron chi connectivity index (χ3n) is 1.80. The summed E-state index contributed by atoms with van der Waals surface area (Å²) in [5, 5.41) is 12.1. The summed E-state index contributed by atoms with van der Waals surface area (Å²) in [4.78, 5) is 0. The van der Waals surface area contributed by atoms with E-state index < -0.39 is 6.23 Å². The summed E-state index contributed by atoms with van der Waals surface area (Å²) < 4.78 is 0. The minimum Gasteiger partial charge on any atom is -0.375 e. The summed E-state index contributed by atoms with van der Waals surface area (Å²) in [6.45, 7) is 4.70. The van der Waals surface area contributed by atoms with E-state index in [1.165, 1.54) is 0 Å². The second-order valence-electron chi connectivity index (χ2n) is 2.63. The SMILES string of the molecule is CC/C(C)=C(/CNC)C(N)O. The molecule has 0 aromatic heterocycles. The molecule has 0 amide bonds. The van der Waals surface area contributed by atoms with Gasteiger partial charge in [-0.1, -0.05) is 12.5 Å². The number of hydrogen-bond donors (Lipinski definition) is 3. The Balaban J connectivity index is 4.30. The minimum atomic E-state index is -0.817. The van der Waals surface area contributed by atoms with Crippen LogP contribution in [0.25, 0.3) is 0 Å². The number of rotatable bonds is 4. The Labute approximate surface area is 68.3 Å². The lowest BCUT2D eigenvalue weighted by Gasteiger charge is -2.13. The average molecular weight is 158 g/mol. The van der Waals surface area contributed by atoms with Crippen molar-refractivity contribution in [3.8, 4) is 0 Å². The Morgan fingerprint density at radius 3 is 2.45 bits per heavy atom. The quantitative estimate of drug-likeness (QED) is 0.405. The van der Waals surface area contributed by atoms with Crippen LogP contribution in [0.1, 0.15) is 20.3 Å². The Hall–Kier alpha value is -0.380.